The molecule has 2 aromatic rings. The lowest BCUT2D eigenvalue weighted by Crippen LogP contribution is -2.47. The minimum Gasteiger partial charge on any atom is -0.494 e. The highest BCUT2D eigenvalue weighted by molar-refractivity contribution is 5.88. The summed E-state index contributed by atoms with van der Waals surface area (Å²) in [6, 6.07) is 12.5. The first-order chi connectivity index (χ1) is 13.1. The number of hydrogen-bond donors (Lipinski definition) is 1. The summed E-state index contributed by atoms with van der Waals surface area (Å²) in [6.45, 7) is 3.66. The average molecular weight is 365 g/mol. The second-order valence-electron chi connectivity index (χ2n) is 7.64. The van der Waals surface area contributed by atoms with Crippen molar-refractivity contribution in [2.45, 2.75) is 44.2 Å². The van der Waals surface area contributed by atoms with Crippen LogP contribution in [0.25, 0.3) is 11.1 Å². The number of likely N-dealkylation sites (N-methyl/N-ethyl adjacent to an activating group) is 1. The number of nitrogens with zero attached hydrogens (tertiary/aromatic N) is 2. The normalized spacial score (nSPS) is 24.7. The van der Waals surface area contributed by atoms with Gasteiger partial charge in [-0.15, -0.1) is 0 Å². The number of aromatic nitrogens is 1. The van der Waals surface area contributed by atoms with Gasteiger partial charge in [-0.25, -0.2) is 0 Å². The van der Waals surface area contributed by atoms with Gasteiger partial charge >= 0.3 is 0 Å². The molecule has 5 heteroatoms. The van der Waals surface area contributed by atoms with Crippen LogP contribution in [-0.2, 0) is 4.79 Å². The average Bonchev–Trinajstić information content (AvgIpc) is 3.27. The molecule has 2 aliphatic heterocycles. The molecule has 1 N–H and O–H groups in total. The number of carbonyl (C=O) groups excluding carboxylic acids is 1. The summed E-state index contributed by atoms with van der Waals surface area (Å²) < 4.78 is 5.76. The van der Waals surface area contributed by atoms with Crippen molar-refractivity contribution >= 4 is 5.91 Å². The van der Waals surface area contributed by atoms with Crippen LogP contribution in [0.15, 0.2) is 42.6 Å². The third-order valence-electron chi connectivity index (χ3n) is 5.72. The zero-order chi connectivity index (χ0) is 18.9. The molecule has 5 nitrogen and oxygen atoms in total. The largest absolute Gasteiger partial charge is 0.494 e. The van der Waals surface area contributed by atoms with Gasteiger partial charge in [-0.1, -0.05) is 19.1 Å². The highest BCUT2D eigenvalue weighted by Crippen LogP contribution is 2.39. The van der Waals surface area contributed by atoms with E-state index >= 15 is 0 Å². The maximum atomic E-state index is 12.5. The third-order valence-corrected chi connectivity index (χ3v) is 5.72. The summed E-state index contributed by atoms with van der Waals surface area (Å²) in [5, 5.41) is 3.60. The molecular weight excluding hydrogens is 338 g/mol. The Morgan fingerprint density at radius 2 is 2.11 bits per heavy atom. The molecule has 2 saturated heterocycles. The van der Waals surface area contributed by atoms with Gasteiger partial charge in [-0.2, -0.15) is 0 Å². The molecule has 27 heavy (non-hydrogen) atoms. The van der Waals surface area contributed by atoms with E-state index in [4.69, 9.17) is 4.74 Å². The molecule has 1 aromatic heterocycles. The fourth-order valence-corrected chi connectivity index (χ4v) is 4.19. The van der Waals surface area contributed by atoms with E-state index in [-0.39, 0.29) is 17.5 Å². The van der Waals surface area contributed by atoms with Crippen molar-refractivity contribution in [1.29, 1.82) is 0 Å². The van der Waals surface area contributed by atoms with Crippen molar-refractivity contribution in [2.24, 2.45) is 0 Å². The summed E-state index contributed by atoms with van der Waals surface area (Å²) in [5.41, 5.74) is 2.87. The number of likely N-dealkylation sites (tertiary alicyclic amines) is 1. The van der Waals surface area contributed by atoms with Gasteiger partial charge in [0.1, 0.15) is 11.3 Å². The summed E-state index contributed by atoms with van der Waals surface area (Å²) in [7, 11) is 1.89. The molecule has 142 valence electrons. The molecule has 2 atom stereocenters. The number of amides is 1. The molecule has 4 rings (SSSR count). The Kier molecular flexibility index (Phi) is 4.87. The van der Waals surface area contributed by atoms with E-state index in [2.05, 4.69) is 35.4 Å². The van der Waals surface area contributed by atoms with Crippen molar-refractivity contribution in [2.75, 3.05) is 20.2 Å². The Labute approximate surface area is 160 Å². The first-order valence-electron chi connectivity index (χ1n) is 9.84. The Morgan fingerprint density at radius 3 is 2.89 bits per heavy atom. The highest BCUT2D eigenvalue weighted by Gasteiger charge is 2.50. The van der Waals surface area contributed by atoms with Gasteiger partial charge < -0.3 is 9.64 Å². The minimum atomic E-state index is -0.384. The molecule has 1 aromatic carbocycles. The van der Waals surface area contributed by atoms with Gasteiger partial charge in [0, 0.05) is 19.8 Å². The fraction of sp³-hybridized carbons (Fsp3) is 0.455. The Morgan fingerprint density at radius 1 is 1.26 bits per heavy atom. The molecule has 3 heterocycles. The van der Waals surface area contributed by atoms with Gasteiger partial charge in [-0.05, 0) is 61.1 Å². The Balaban J connectivity index is 1.54. The van der Waals surface area contributed by atoms with Crippen LogP contribution in [0.1, 0.15) is 44.3 Å². The van der Waals surface area contributed by atoms with Gasteiger partial charge in [-0.3, -0.25) is 15.1 Å². The van der Waals surface area contributed by atoms with E-state index in [9.17, 15) is 4.79 Å². The smallest absolute Gasteiger partial charge is 0.242 e. The van der Waals surface area contributed by atoms with Crippen molar-refractivity contribution in [1.82, 2.24) is 15.2 Å². The minimum absolute atomic E-state index is 0.125. The van der Waals surface area contributed by atoms with E-state index in [1.54, 1.807) is 0 Å². The summed E-state index contributed by atoms with van der Waals surface area (Å²) in [5.74, 6) is 1.12. The lowest BCUT2D eigenvalue weighted by Gasteiger charge is -2.23. The van der Waals surface area contributed by atoms with E-state index in [0.717, 1.165) is 61.4 Å². The van der Waals surface area contributed by atoms with Crippen LogP contribution in [0.5, 0.6) is 5.75 Å². The zero-order valence-corrected chi connectivity index (χ0v) is 16.1. The van der Waals surface area contributed by atoms with Crippen LogP contribution in [0.4, 0.5) is 0 Å². The lowest BCUT2D eigenvalue weighted by molar-refractivity contribution is -0.131. The number of nitrogens with one attached hydrogen (secondary N) is 1. The SMILES string of the molecule is CCCOc1cccc(-c2ccnc([C@H]3CC[C@@]4(CCN(C)C4=O)N3)c2)c1. The molecule has 2 aliphatic rings. The number of carbonyl (C=O) groups is 1. The number of ether oxygens (including phenoxy) is 1. The molecule has 0 aliphatic carbocycles. The van der Waals surface area contributed by atoms with Gasteiger partial charge in [0.25, 0.3) is 0 Å². The van der Waals surface area contributed by atoms with Crippen molar-refractivity contribution in [3.63, 3.8) is 0 Å². The topological polar surface area (TPSA) is 54.5 Å². The predicted molar refractivity (Wildman–Crippen MR) is 106 cm³/mol. The maximum absolute atomic E-state index is 12.5. The number of hydrogen-bond acceptors (Lipinski definition) is 4. The predicted octanol–water partition coefficient (Wildman–Crippen LogP) is 3.56. The maximum Gasteiger partial charge on any atom is 0.242 e. The first kappa shape index (κ1) is 18.0. The highest BCUT2D eigenvalue weighted by atomic mass is 16.5. The van der Waals surface area contributed by atoms with Crippen molar-refractivity contribution in [3.05, 3.63) is 48.3 Å². The second kappa shape index (κ2) is 7.31. The lowest BCUT2D eigenvalue weighted by atomic mass is 9.96. The van der Waals surface area contributed by atoms with Gasteiger partial charge in [0.05, 0.1) is 18.3 Å². The van der Waals surface area contributed by atoms with Crippen LogP contribution >= 0.6 is 0 Å². The first-order valence-corrected chi connectivity index (χ1v) is 9.84. The third kappa shape index (κ3) is 3.44. The molecule has 1 amide bonds. The Hall–Kier alpha value is -2.40. The zero-order valence-electron chi connectivity index (χ0n) is 16.1. The quantitative estimate of drug-likeness (QED) is 0.880. The molecule has 0 unspecified atom stereocenters. The van der Waals surface area contributed by atoms with Gasteiger partial charge in [0.2, 0.25) is 5.91 Å². The standard InChI is InChI=1S/C22H27N3O2/c1-3-13-27-18-6-4-5-16(14-18)17-8-11-23-20(15-17)19-7-9-22(24-19)10-12-25(2)21(22)26/h4-6,8,11,14-15,19,24H,3,7,9-10,12-13H2,1-2H3/t19-,22+/m1/s1. The van der Waals surface area contributed by atoms with E-state index < -0.39 is 0 Å². The molecule has 0 bridgehead atoms. The van der Waals surface area contributed by atoms with E-state index in [1.807, 2.05) is 36.3 Å². The monoisotopic (exact) mass is 365 g/mol. The van der Waals surface area contributed by atoms with Crippen molar-refractivity contribution in [3.8, 4) is 16.9 Å². The molecule has 0 radical (unpaired) electrons. The van der Waals surface area contributed by atoms with Crippen LogP contribution in [0.3, 0.4) is 0 Å². The molecule has 2 fully saturated rings. The number of benzene rings is 1. The summed E-state index contributed by atoms with van der Waals surface area (Å²) in [4.78, 5) is 19.0. The van der Waals surface area contributed by atoms with Crippen LogP contribution < -0.4 is 10.1 Å². The number of pyridine rings is 1. The fourth-order valence-electron chi connectivity index (χ4n) is 4.19. The number of rotatable bonds is 5. The van der Waals surface area contributed by atoms with Crippen LogP contribution in [0, 0.1) is 0 Å². The molecule has 1 spiro atoms. The Bertz CT molecular complexity index is 838. The molecule has 0 saturated carbocycles. The summed E-state index contributed by atoms with van der Waals surface area (Å²) >= 11 is 0. The van der Waals surface area contributed by atoms with Crippen LogP contribution in [0.2, 0.25) is 0 Å². The molecular formula is C22H27N3O2. The summed E-state index contributed by atoms with van der Waals surface area (Å²) in [6.07, 6.45) is 5.56. The van der Waals surface area contributed by atoms with Crippen LogP contribution in [-0.4, -0.2) is 41.5 Å². The van der Waals surface area contributed by atoms with Crippen molar-refractivity contribution < 1.29 is 9.53 Å². The van der Waals surface area contributed by atoms with E-state index in [1.165, 1.54) is 0 Å². The second-order valence-corrected chi connectivity index (χ2v) is 7.64. The van der Waals surface area contributed by atoms with Gasteiger partial charge in [0.15, 0.2) is 0 Å². The van der Waals surface area contributed by atoms with E-state index in [0.29, 0.717) is 0 Å².